The number of nitrogens with one attached hydrogen (secondary N) is 1. The first-order valence-electron chi connectivity index (χ1n) is 6.94. The van der Waals surface area contributed by atoms with Gasteiger partial charge in [0.1, 0.15) is 0 Å². The van der Waals surface area contributed by atoms with Crippen molar-refractivity contribution in [2.45, 2.75) is 17.4 Å². The van der Waals surface area contributed by atoms with Gasteiger partial charge in [0, 0.05) is 17.1 Å². The summed E-state index contributed by atoms with van der Waals surface area (Å²) in [6, 6.07) is 17.1. The van der Waals surface area contributed by atoms with E-state index in [0.29, 0.717) is 0 Å². The predicted molar refractivity (Wildman–Crippen MR) is 85.6 cm³/mol. The van der Waals surface area contributed by atoms with Crippen LogP contribution >= 0.6 is 11.8 Å². The number of ether oxygens (including phenoxy) is 1. The molecule has 2 aromatic carbocycles. The van der Waals surface area contributed by atoms with Crippen LogP contribution in [0.4, 0.5) is 5.69 Å². The molecule has 1 aliphatic rings. The van der Waals surface area contributed by atoms with E-state index in [-0.39, 0.29) is 6.10 Å². The minimum atomic E-state index is 0.153. The lowest BCUT2D eigenvalue weighted by Gasteiger charge is -2.26. The summed E-state index contributed by atoms with van der Waals surface area (Å²) in [6.07, 6.45) is 3.27. The van der Waals surface area contributed by atoms with Crippen molar-refractivity contribution in [3.63, 3.8) is 0 Å². The molecule has 3 rings (SSSR count). The van der Waals surface area contributed by atoms with E-state index in [1.165, 1.54) is 16.0 Å². The van der Waals surface area contributed by atoms with E-state index in [9.17, 15) is 0 Å². The van der Waals surface area contributed by atoms with Gasteiger partial charge in [0.25, 0.3) is 0 Å². The lowest BCUT2D eigenvalue weighted by molar-refractivity contribution is 0.0513. The Kier molecular flexibility index (Phi) is 4.28. The fourth-order valence-corrected chi connectivity index (χ4v) is 2.97. The largest absolute Gasteiger partial charge is 0.382 e. The van der Waals surface area contributed by atoms with Crippen molar-refractivity contribution in [3.8, 4) is 0 Å². The quantitative estimate of drug-likeness (QED) is 0.853. The number of fused-ring (bicyclic) bond motifs is 1. The number of anilines is 1. The van der Waals surface area contributed by atoms with Crippen LogP contribution in [0.15, 0.2) is 53.4 Å². The third kappa shape index (κ3) is 3.00. The second-order valence-electron chi connectivity index (χ2n) is 4.92. The highest BCUT2D eigenvalue weighted by atomic mass is 32.2. The molecule has 3 heteroatoms. The van der Waals surface area contributed by atoms with E-state index in [1.807, 2.05) is 0 Å². The molecule has 20 heavy (non-hydrogen) atoms. The molecular formula is C17H19NOS. The molecule has 0 aliphatic carbocycles. The molecule has 1 atom stereocenters. The van der Waals surface area contributed by atoms with Crippen LogP contribution in [0.5, 0.6) is 0 Å². The van der Waals surface area contributed by atoms with Gasteiger partial charge >= 0.3 is 0 Å². The van der Waals surface area contributed by atoms with Gasteiger partial charge < -0.3 is 10.1 Å². The Balaban J connectivity index is 1.66. The summed E-state index contributed by atoms with van der Waals surface area (Å²) in [7, 11) is 0. The van der Waals surface area contributed by atoms with Gasteiger partial charge in [0.15, 0.2) is 0 Å². The molecular weight excluding hydrogens is 266 g/mol. The van der Waals surface area contributed by atoms with E-state index < -0.39 is 0 Å². The maximum absolute atomic E-state index is 5.90. The number of hydrogen-bond acceptors (Lipinski definition) is 3. The zero-order chi connectivity index (χ0) is 13.8. The molecule has 0 spiro atoms. The van der Waals surface area contributed by atoms with Crippen molar-refractivity contribution in [1.82, 2.24) is 0 Å². The van der Waals surface area contributed by atoms with Gasteiger partial charge in [-0.1, -0.05) is 24.3 Å². The summed E-state index contributed by atoms with van der Waals surface area (Å²) in [5.41, 5.74) is 3.89. The third-order valence-electron chi connectivity index (χ3n) is 3.67. The molecule has 0 amide bonds. The summed E-state index contributed by atoms with van der Waals surface area (Å²) in [5.74, 6) is 0. The maximum Gasteiger partial charge on any atom is 0.0999 e. The van der Waals surface area contributed by atoms with Crippen LogP contribution in [0.25, 0.3) is 0 Å². The van der Waals surface area contributed by atoms with Crippen LogP contribution in [-0.4, -0.2) is 19.4 Å². The highest BCUT2D eigenvalue weighted by Gasteiger charge is 2.19. The Labute approximate surface area is 124 Å². The smallest absolute Gasteiger partial charge is 0.0999 e. The molecule has 1 aliphatic heterocycles. The van der Waals surface area contributed by atoms with Crippen molar-refractivity contribution < 1.29 is 4.74 Å². The molecule has 0 fully saturated rings. The molecule has 0 saturated carbocycles. The second kappa shape index (κ2) is 6.33. The normalized spacial score (nSPS) is 17.6. The van der Waals surface area contributed by atoms with Crippen molar-refractivity contribution in [3.05, 3.63) is 59.7 Å². The first kappa shape index (κ1) is 13.5. The lowest BCUT2D eigenvalue weighted by Crippen LogP contribution is -2.22. The van der Waals surface area contributed by atoms with Gasteiger partial charge in [-0.25, -0.2) is 0 Å². The first-order chi connectivity index (χ1) is 9.86. The van der Waals surface area contributed by atoms with Crippen LogP contribution < -0.4 is 5.32 Å². The van der Waals surface area contributed by atoms with Gasteiger partial charge in [-0.15, -0.1) is 11.8 Å². The van der Waals surface area contributed by atoms with Crippen molar-refractivity contribution in [2.24, 2.45) is 0 Å². The molecule has 2 nitrogen and oxygen atoms in total. The van der Waals surface area contributed by atoms with Crippen molar-refractivity contribution in [1.29, 1.82) is 0 Å². The van der Waals surface area contributed by atoms with E-state index in [2.05, 4.69) is 60.1 Å². The predicted octanol–water partition coefficient (Wildman–Crippen LogP) is 4.13. The molecule has 0 saturated heterocycles. The average molecular weight is 285 g/mol. The van der Waals surface area contributed by atoms with Crippen LogP contribution in [0.3, 0.4) is 0 Å². The molecule has 1 N–H and O–H groups in total. The maximum atomic E-state index is 5.90. The Hall–Kier alpha value is -1.45. The second-order valence-corrected chi connectivity index (χ2v) is 5.80. The molecule has 1 heterocycles. The molecule has 0 radical (unpaired) electrons. The van der Waals surface area contributed by atoms with Crippen LogP contribution in [0.2, 0.25) is 0 Å². The summed E-state index contributed by atoms with van der Waals surface area (Å²) < 4.78 is 5.90. The third-order valence-corrected chi connectivity index (χ3v) is 4.42. The number of hydrogen-bond donors (Lipinski definition) is 1. The van der Waals surface area contributed by atoms with Gasteiger partial charge in [0.05, 0.1) is 12.7 Å². The van der Waals surface area contributed by atoms with E-state index >= 15 is 0 Å². The standard InChI is InChI=1S/C17H19NOS/c1-20-15-8-6-14(7-9-15)18-12-17-16-5-3-2-4-13(16)10-11-19-17/h2-9,17-18H,10-12H2,1H3. The van der Waals surface area contributed by atoms with Gasteiger partial charge in [-0.3, -0.25) is 0 Å². The molecule has 1 unspecified atom stereocenters. The topological polar surface area (TPSA) is 21.3 Å². The minimum Gasteiger partial charge on any atom is -0.382 e. The number of thioether (sulfide) groups is 1. The monoisotopic (exact) mass is 285 g/mol. The highest BCUT2D eigenvalue weighted by molar-refractivity contribution is 7.98. The Morgan fingerprint density at radius 1 is 1.15 bits per heavy atom. The fraction of sp³-hybridized carbons (Fsp3) is 0.294. The summed E-state index contributed by atoms with van der Waals surface area (Å²) in [6.45, 7) is 1.63. The molecule has 2 aromatic rings. The lowest BCUT2D eigenvalue weighted by atomic mass is 9.97. The SMILES string of the molecule is CSc1ccc(NCC2OCCc3ccccc32)cc1. The van der Waals surface area contributed by atoms with E-state index in [4.69, 9.17) is 4.74 Å². The van der Waals surface area contributed by atoms with E-state index in [0.717, 1.165) is 25.3 Å². The minimum absolute atomic E-state index is 0.153. The van der Waals surface area contributed by atoms with Crippen molar-refractivity contribution in [2.75, 3.05) is 24.7 Å². The highest BCUT2D eigenvalue weighted by Crippen LogP contribution is 2.27. The average Bonchev–Trinajstić information content (AvgIpc) is 2.53. The fourth-order valence-electron chi connectivity index (χ4n) is 2.57. The van der Waals surface area contributed by atoms with Crippen LogP contribution in [-0.2, 0) is 11.2 Å². The summed E-state index contributed by atoms with van der Waals surface area (Å²) in [4.78, 5) is 1.29. The zero-order valence-electron chi connectivity index (χ0n) is 11.6. The summed E-state index contributed by atoms with van der Waals surface area (Å²) in [5, 5.41) is 3.47. The van der Waals surface area contributed by atoms with Gasteiger partial charge in [0.2, 0.25) is 0 Å². The zero-order valence-corrected chi connectivity index (χ0v) is 12.5. The molecule has 104 valence electrons. The van der Waals surface area contributed by atoms with Crippen LogP contribution in [0.1, 0.15) is 17.2 Å². The number of rotatable bonds is 4. The molecule has 0 bridgehead atoms. The number of benzene rings is 2. The van der Waals surface area contributed by atoms with Crippen LogP contribution in [0, 0.1) is 0 Å². The summed E-state index contributed by atoms with van der Waals surface area (Å²) >= 11 is 1.76. The first-order valence-corrected chi connectivity index (χ1v) is 8.16. The Morgan fingerprint density at radius 3 is 2.75 bits per heavy atom. The van der Waals surface area contributed by atoms with Gasteiger partial charge in [-0.05, 0) is 48.1 Å². The van der Waals surface area contributed by atoms with Crippen molar-refractivity contribution >= 4 is 17.4 Å². The Morgan fingerprint density at radius 2 is 1.95 bits per heavy atom. The van der Waals surface area contributed by atoms with Gasteiger partial charge in [-0.2, -0.15) is 0 Å². The Bertz CT molecular complexity index is 567. The molecule has 0 aromatic heterocycles. The van der Waals surface area contributed by atoms with E-state index in [1.54, 1.807) is 11.8 Å².